The molecule has 1 aromatic rings. The SMILES string of the molecule is O=c1cc(O)n([C@H]2C[C@H](O)[C@@H](CO)O2)c(=O)[nH]1. The third-order valence-corrected chi connectivity index (χ3v) is 2.63. The van der Waals surface area contributed by atoms with Crippen LogP contribution in [0.4, 0.5) is 0 Å². The predicted octanol–water partition coefficient (Wildman–Crippen LogP) is -2.12. The summed E-state index contributed by atoms with van der Waals surface area (Å²) < 4.78 is 6.01. The number of aliphatic hydroxyl groups is 2. The number of aromatic nitrogens is 2. The van der Waals surface area contributed by atoms with E-state index in [0.29, 0.717) is 0 Å². The Morgan fingerprint density at radius 3 is 2.76 bits per heavy atom. The molecular weight excluding hydrogens is 232 g/mol. The van der Waals surface area contributed by atoms with Gasteiger partial charge in [0, 0.05) is 6.42 Å². The van der Waals surface area contributed by atoms with Crippen molar-refractivity contribution in [3.8, 4) is 5.88 Å². The first-order valence-corrected chi connectivity index (χ1v) is 5.02. The first-order chi connectivity index (χ1) is 8.02. The van der Waals surface area contributed by atoms with Crippen molar-refractivity contribution >= 4 is 0 Å². The summed E-state index contributed by atoms with van der Waals surface area (Å²) in [5.41, 5.74) is -1.55. The van der Waals surface area contributed by atoms with E-state index < -0.39 is 42.2 Å². The zero-order valence-corrected chi connectivity index (χ0v) is 8.74. The molecule has 8 nitrogen and oxygen atoms in total. The molecule has 1 aliphatic rings. The van der Waals surface area contributed by atoms with Crippen molar-refractivity contribution in [1.29, 1.82) is 0 Å². The number of ether oxygens (including phenoxy) is 1. The zero-order chi connectivity index (χ0) is 12.6. The molecule has 4 N–H and O–H groups in total. The molecule has 1 fully saturated rings. The van der Waals surface area contributed by atoms with E-state index in [2.05, 4.69) is 0 Å². The van der Waals surface area contributed by atoms with Gasteiger partial charge in [0.25, 0.3) is 5.56 Å². The standard InChI is InChI=1S/C9H12N2O6/c12-3-5-4(13)1-8(17-5)11-7(15)2-6(14)10-9(11)16/h2,4-5,8,12-13,15H,1,3H2,(H,10,14,16)/t4-,5+,8+/m0/s1. The van der Waals surface area contributed by atoms with Gasteiger partial charge in [-0.2, -0.15) is 0 Å². The molecule has 0 aromatic carbocycles. The summed E-state index contributed by atoms with van der Waals surface area (Å²) in [4.78, 5) is 24.3. The maximum Gasteiger partial charge on any atom is 0.333 e. The quantitative estimate of drug-likeness (QED) is 0.471. The molecule has 0 amide bonds. The van der Waals surface area contributed by atoms with Crippen molar-refractivity contribution in [3.05, 3.63) is 26.9 Å². The van der Waals surface area contributed by atoms with E-state index >= 15 is 0 Å². The molecule has 8 heteroatoms. The Kier molecular flexibility index (Phi) is 3.01. The number of nitrogens with one attached hydrogen (secondary N) is 1. The van der Waals surface area contributed by atoms with Crippen molar-refractivity contribution in [2.75, 3.05) is 6.61 Å². The smallest absolute Gasteiger partial charge is 0.333 e. The summed E-state index contributed by atoms with van der Waals surface area (Å²) in [5.74, 6) is -0.547. The minimum atomic E-state index is -0.928. The van der Waals surface area contributed by atoms with Crippen molar-refractivity contribution < 1.29 is 20.1 Å². The van der Waals surface area contributed by atoms with Crippen molar-refractivity contribution in [3.63, 3.8) is 0 Å². The van der Waals surface area contributed by atoms with Crippen LogP contribution in [0.15, 0.2) is 15.7 Å². The van der Waals surface area contributed by atoms with Gasteiger partial charge in [0.2, 0.25) is 5.88 Å². The van der Waals surface area contributed by atoms with E-state index in [4.69, 9.17) is 9.84 Å². The Morgan fingerprint density at radius 1 is 1.53 bits per heavy atom. The van der Waals surface area contributed by atoms with Crippen molar-refractivity contribution in [1.82, 2.24) is 9.55 Å². The van der Waals surface area contributed by atoms with Gasteiger partial charge in [-0.25, -0.2) is 9.36 Å². The Balaban J connectivity index is 2.37. The van der Waals surface area contributed by atoms with Gasteiger partial charge in [-0.15, -0.1) is 0 Å². The summed E-state index contributed by atoms with van der Waals surface area (Å²) >= 11 is 0. The molecule has 3 atom stereocenters. The van der Waals surface area contributed by atoms with Crippen molar-refractivity contribution in [2.45, 2.75) is 24.9 Å². The predicted molar refractivity (Wildman–Crippen MR) is 54.6 cm³/mol. The third kappa shape index (κ3) is 2.09. The van der Waals surface area contributed by atoms with Gasteiger partial charge >= 0.3 is 5.69 Å². The normalized spacial score (nSPS) is 28.5. The number of hydrogen-bond donors (Lipinski definition) is 4. The average molecular weight is 244 g/mol. The minimum absolute atomic E-state index is 0.0464. The minimum Gasteiger partial charge on any atom is -0.494 e. The molecule has 0 spiro atoms. The molecule has 1 aliphatic heterocycles. The van der Waals surface area contributed by atoms with E-state index in [0.717, 1.165) is 10.6 Å². The summed E-state index contributed by atoms with van der Waals surface area (Å²) in [6.07, 6.45) is -2.60. The maximum absolute atomic E-state index is 11.5. The van der Waals surface area contributed by atoms with Crippen LogP contribution in [0, 0.1) is 0 Å². The molecule has 0 radical (unpaired) electrons. The first kappa shape index (κ1) is 11.8. The monoisotopic (exact) mass is 244 g/mol. The number of H-pyrrole nitrogens is 1. The van der Waals surface area contributed by atoms with E-state index in [9.17, 15) is 19.8 Å². The zero-order valence-electron chi connectivity index (χ0n) is 8.74. The Hall–Kier alpha value is -1.64. The fourth-order valence-corrected chi connectivity index (χ4v) is 1.81. The summed E-state index contributed by atoms with van der Waals surface area (Å²) in [7, 11) is 0. The van der Waals surface area contributed by atoms with E-state index in [1.54, 1.807) is 0 Å². The highest BCUT2D eigenvalue weighted by atomic mass is 16.5. The highest BCUT2D eigenvalue weighted by Gasteiger charge is 2.35. The van der Waals surface area contributed by atoms with Crippen LogP contribution in [0.2, 0.25) is 0 Å². The molecular formula is C9H12N2O6. The van der Waals surface area contributed by atoms with Crippen LogP contribution in [-0.2, 0) is 4.74 Å². The molecule has 0 saturated carbocycles. The average Bonchev–Trinajstić information content (AvgIpc) is 2.57. The second kappa shape index (κ2) is 4.32. The number of aromatic hydroxyl groups is 1. The molecule has 1 aromatic heterocycles. The largest absolute Gasteiger partial charge is 0.494 e. The molecule has 0 unspecified atom stereocenters. The topological polar surface area (TPSA) is 125 Å². The van der Waals surface area contributed by atoms with Gasteiger partial charge in [-0.3, -0.25) is 9.78 Å². The molecule has 17 heavy (non-hydrogen) atoms. The number of nitrogens with zero attached hydrogens (tertiary/aromatic N) is 1. The third-order valence-electron chi connectivity index (χ3n) is 2.63. The number of aliphatic hydroxyl groups excluding tert-OH is 2. The van der Waals surface area contributed by atoms with Gasteiger partial charge in [-0.1, -0.05) is 0 Å². The van der Waals surface area contributed by atoms with Crippen LogP contribution in [0.25, 0.3) is 0 Å². The Bertz CT molecular complexity index is 521. The Labute approximate surface area is 94.7 Å². The summed E-state index contributed by atoms with van der Waals surface area (Å²) in [5, 5.41) is 27.9. The lowest BCUT2D eigenvalue weighted by molar-refractivity contribution is -0.0479. The summed E-state index contributed by atoms with van der Waals surface area (Å²) in [6, 6.07) is 0.837. The van der Waals surface area contributed by atoms with Crippen LogP contribution >= 0.6 is 0 Å². The van der Waals surface area contributed by atoms with Gasteiger partial charge < -0.3 is 20.1 Å². The number of rotatable bonds is 2. The van der Waals surface area contributed by atoms with Crippen LogP contribution in [-0.4, -0.2) is 43.7 Å². The lowest BCUT2D eigenvalue weighted by Gasteiger charge is -2.15. The van der Waals surface area contributed by atoms with Crippen LogP contribution < -0.4 is 11.2 Å². The van der Waals surface area contributed by atoms with Crippen LogP contribution in [0.3, 0.4) is 0 Å². The van der Waals surface area contributed by atoms with Crippen LogP contribution in [0.5, 0.6) is 5.88 Å². The molecule has 2 heterocycles. The molecule has 0 aliphatic carbocycles. The van der Waals surface area contributed by atoms with Crippen molar-refractivity contribution in [2.24, 2.45) is 0 Å². The Morgan fingerprint density at radius 2 is 2.24 bits per heavy atom. The fourth-order valence-electron chi connectivity index (χ4n) is 1.81. The van der Waals surface area contributed by atoms with Gasteiger partial charge in [0.05, 0.1) is 18.8 Å². The van der Waals surface area contributed by atoms with E-state index in [1.807, 2.05) is 4.98 Å². The van der Waals surface area contributed by atoms with E-state index in [1.165, 1.54) is 0 Å². The van der Waals surface area contributed by atoms with Crippen LogP contribution in [0.1, 0.15) is 12.6 Å². The molecule has 1 saturated heterocycles. The number of hydrogen-bond acceptors (Lipinski definition) is 6. The lowest BCUT2D eigenvalue weighted by Crippen LogP contribution is -2.32. The molecule has 94 valence electrons. The second-order valence-electron chi connectivity index (χ2n) is 3.78. The van der Waals surface area contributed by atoms with E-state index in [-0.39, 0.29) is 6.42 Å². The molecule has 0 bridgehead atoms. The van der Waals surface area contributed by atoms with Gasteiger partial charge in [0.15, 0.2) is 0 Å². The maximum atomic E-state index is 11.5. The highest BCUT2D eigenvalue weighted by Crippen LogP contribution is 2.29. The fraction of sp³-hybridized carbons (Fsp3) is 0.556. The summed E-state index contributed by atoms with van der Waals surface area (Å²) in [6.45, 7) is -0.392. The lowest BCUT2D eigenvalue weighted by atomic mass is 10.2. The second-order valence-corrected chi connectivity index (χ2v) is 3.78. The van der Waals surface area contributed by atoms with Gasteiger partial charge in [-0.05, 0) is 0 Å². The van der Waals surface area contributed by atoms with Gasteiger partial charge in [0.1, 0.15) is 12.3 Å². The first-order valence-electron chi connectivity index (χ1n) is 5.02. The molecule has 2 rings (SSSR count). The number of aromatic amines is 1. The highest BCUT2D eigenvalue weighted by molar-refractivity contribution is 5.07.